The van der Waals surface area contributed by atoms with E-state index in [0.717, 1.165) is 28.5 Å². The summed E-state index contributed by atoms with van der Waals surface area (Å²) in [5, 5.41) is 11.8. The maximum Gasteiger partial charge on any atom is 0.287 e. The third-order valence-corrected chi connectivity index (χ3v) is 7.08. The van der Waals surface area contributed by atoms with Crippen LogP contribution in [0, 0.1) is 6.92 Å². The minimum atomic E-state index is -0.489. The topological polar surface area (TPSA) is 118 Å². The lowest BCUT2D eigenvalue weighted by Crippen LogP contribution is -2.20. The Morgan fingerprint density at radius 2 is 1.74 bits per heavy atom. The van der Waals surface area contributed by atoms with Gasteiger partial charge >= 0.3 is 0 Å². The molecule has 2 aliphatic rings. The first kappa shape index (κ1) is 24.3. The number of aryl methyl sites for hydroxylation is 1. The Bertz CT molecular complexity index is 1790. The molecule has 2 amide bonds. The van der Waals surface area contributed by atoms with Crippen molar-refractivity contribution in [1.29, 1.82) is 0 Å². The van der Waals surface area contributed by atoms with Crippen LogP contribution in [-0.4, -0.2) is 33.0 Å². The number of aromatic nitrogens is 2. The number of thioether (sulfide) groups is 1. The van der Waals surface area contributed by atoms with E-state index < -0.39 is 5.91 Å². The van der Waals surface area contributed by atoms with Gasteiger partial charge in [0.25, 0.3) is 17.4 Å². The number of carbonyl (C=O) groups is 2. The molecule has 3 aromatic carbocycles. The monoisotopic (exact) mass is 532 g/mol. The molecule has 0 radical (unpaired) electrons. The van der Waals surface area contributed by atoms with Crippen LogP contribution in [0.4, 0.5) is 5.69 Å². The van der Waals surface area contributed by atoms with Crippen molar-refractivity contribution in [1.82, 2.24) is 15.2 Å². The van der Waals surface area contributed by atoms with Gasteiger partial charge in [-0.25, -0.2) is 0 Å². The van der Waals surface area contributed by atoms with E-state index in [-0.39, 0.29) is 21.5 Å². The third kappa shape index (κ3) is 4.80. The van der Waals surface area contributed by atoms with Crippen molar-refractivity contribution >= 4 is 46.2 Å². The smallest absolute Gasteiger partial charge is 0.287 e. The molecule has 0 saturated carbocycles. The zero-order valence-electron chi connectivity index (χ0n) is 20.6. The van der Waals surface area contributed by atoms with Gasteiger partial charge < -0.3 is 5.32 Å². The van der Waals surface area contributed by atoms with E-state index in [2.05, 4.69) is 25.9 Å². The highest BCUT2D eigenvalue weighted by Gasteiger charge is 2.34. The number of hydrogen-bond acceptors (Lipinski definition) is 7. The van der Waals surface area contributed by atoms with Crippen LogP contribution in [0.1, 0.15) is 16.7 Å². The molecule has 9 nitrogen and oxygen atoms in total. The number of amidine groups is 1. The minimum absolute atomic E-state index is 0.239. The highest BCUT2D eigenvalue weighted by molar-refractivity contribution is 8.18. The van der Waals surface area contributed by atoms with Crippen molar-refractivity contribution in [2.75, 3.05) is 5.32 Å². The van der Waals surface area contributed by atoms with Crippen molar-refractivity contribution in [2.45, 2.75) is 6.92 Å². The fourth-order valence-electron chi connectivity index (χ4n) is 4.24. The largest absolute Gasteiger partial charge is 0.321 e. The average molecular weight is 533 g/mol. The summed E-state index contributed by atoms with van der Waals surface area (Å²) in [6, 6.07) is 25.6. The normalized spacial score (nSPS) is 16.4. The number of aliphatic imine (C=N–C) groups is 1. The van der Waals surface area contributed by atoms with Crippen molar-refractivity contribution in [3.8, 4) is 16.9 Å². The van der Waals surface area contributed by atoms with Crippen LogP contribution in [0.3, 0.4) is 0 Å². The standard InChI is InChI=1S/C29H20N6O3S/c1-17-7-12-23-21(15-17)25(27(37)31-23)26-28(38)32-29(39-26)33-30-16-18-8-10-20(11-9-18)35-24(36)14-13-22(34-35)19-5-3-2-4-6-19/h2-16H,1H3,(H,31,37)(H,32,33,38). The lowest BCUT2D eigenvalue weighted by Gasteiger charge is -2.07. The average Bonchev–Trinajstić information content (AvgIpc) is 3.47. The number of nitrogens with zero attached hydrogens (tertiary/aromatic N) is 4. The summed E-state index contributed by atoms with van der Waals surface area (Å²) in [6.07, 6.45) is 1.57. The molecule has 0 unspecified atom stereocenters. The van der Waals surface area contributed by atoms with E-state index in [1.807, 2.05) is 55.5 Å². The molecule has 2 N–H and O–H groups in total. The summed E-state index contributed by atoms with van der Waals surface area (Å²) in [7, 11) is 0. The van der Waals surface area contributed by atoms with E-state index in [9.17, 15) is 14.4 Å². The number of hydrogen-bond donors (Lipinski definition) is 2. The summed E-state index contributed by atoms with van der Waals surface area (Å²) < 4.78 is 1.35. The SMILES string of the molecule is Cc1ccc2c(c1)C(=C1SC(NN=Cc3ccc(-n4nc(-c5ccccc5)ccc4=O)cc3)=NC1=O)C(=O)N2. The van der Waals surface area contributed by atoms with Crippen LogP contribution in [0.15, 0.2) is 105 Å². The molecule has 10 heteroatoms. The maximum absolute atomic E-state index is 12.6. The fraction of sp³-hybridized carbons (Fsp3) is 0.0345. The molecule has 0 fully saturated rings. The van der Waals surface area contributed by atoms with Crippen LogP contribution in [0.2, 0.25) is 0 Å². The van der Waals surface area contributed by atoms with Gasteiger partial charge in [-0.1, -0.05) is 54.1 Å². The number of carbonyl (C=O) groups excluding carboxylic acids is 2. The molecular formula is C29H20N6O3S. The highest BCUT2D eigenvalue weighted by atomic mass is 32.2. The van der Waals surface area contributed by atoms with Gasteiger partial charge in [0.2, 0.25) is 0 Å². The number of anilines is 1. The highest BCUT2D eigenvalue weighted by Crippen LogP contribution is 2.40. The van der Waals surface area contributed by atoms with Gasteiger partial charge in [-0.05, 0) is 54.6 Å². The zero-order valence-corrected chi connectivity index (χ0v) is 21.4. The maximum atomic E-state index is 12.6. The second kappa shape index (κ2) is 9.99. The number of benzene rings is 3. The van der Waals surface area contributed by atoms with Crippen LogP contribution in [-0.2, 0) is 9.59 Å². The Labute approximate surface area is 227 Å². The second-order valence-electron chi connectivity index (χ2n) is 8.83. The van der Waals surface area contributed by atoms with E-state index in [4.69, 9.17) is 0 Å². The molecule has 190 valence electrons. The molecule has 0 bridgehead atoms. The van der Waals surface area contributed by atoms with Crippen molar-refractivity contribution in [3.05, 3.63) is 117 Å². The number of amides is 2. The first-order valence-corrected chi connectivity index (χ1v) is 12.8. The Morgan fingerprint density at radius 1 is 0.949 bits per heavy atom. The van der Waals surface area contributed by atoms with Crippen molar-refractivity contribution in [2.24, 2.45) is 10.1 Å². The molecule has 6 rings (SSSR count). The summed E-state index contributed by atoms with van der Waals surface area (Å²) in [5.41, 5.74) is 8.19. The Hall–Kier alpha value is -5.09. The quantitative estimate of drug-likeness (QED) is 0.232. The van der Waals surface area contributed by atoms with Gasteiger partial charge in [0.05, 0.1) is 28.1 Å². The molecule has 1 aromatic heterocycles. The molecule has 0 saturated heterocycles. The van der Waals surface area contributed by atoms with Gasteiger partial charge in [-0.15, -0.1) is 0 Å². The zero-order chi connectivity index (χ0) is 26.9. The minimum Gasteiger partial charge on any atom is -0.321 e. The molecule has 4 aromatic rings. The first-order chi connectivity index (χ1) is 19.0. The molecule has 0 spiro atoms. The van der Waals surface area contributed by atoms with E-state index in [1.165, 1.54) is 10.7 Å². The van der Waals surface area contributed by atoms with Gasteiger partial charge in [0.15, 0.2) is 5.17 Å². The molecule has 0 aliphatic carbocycles. The summed E-state index contributed by atoms with van der Waals surface area (Å²) >= 11 is 1.07. The van der Waals surface area contributed by atoms with E-state index >= 15 is 0 Å². The van der Waals surface area contributed by atoms with Crippen LogP contribution in [0.25, 0.3) is 22.5 Å². The summed E-state index contributed by atoms with van der Waals surface area (Å²) in [4.78, 5) is 41.9. The van der Waals surface area contributed by atoms with Gasteiger partial charge in [-0.2, -0.15) is 19.9 Å². The molecule has 2 aliphatic heterocycles. The number of fused-ring (bicyclic) bond motifs is 1. The second-order valence-corrected chi connectivity index (χ2v) is 9.83. The van der Waals surface area contributed by atoms with Gasteiger partial charge in [0, 0.05) is 22.9 Å². The predicted molar refractivity (Wildman–Crippen MR) is 153 cm³/mol. The van der Waals surface area contributed by atoms with Crippen LogP contribution >= 0.6 is 11.8 Å². The van der Waals surface area contributed by atoms with Crippen molar-refractivity contribution in [3.63, 3.8) is 0 Å². The first-order valence-electron chi connectivity index (χ1n) is 12.0. The Kier molecular flexibility index (Phi) is 6.22. The third-order valence-electron chi connectivity index (χ3n) is 6.12. The molecule has 3 heterocycles. The van der Waals surface area contributed by atoms with Crippen molar-refractivity contribution < 1.29 is 9.59 Å². The molecular weight excluding hydrogens is 512 g/mol. The number of nitrogens with one attached hydrogen (secondary N) is 2. The van der Waals surface area contributed by atoms with E-state index in [0.29, 0.717) is 28.2 Å². The van der Waals surface area contributed by atoms with Gasteiger partial charge in [-0.3, -0.25) is 19.8 Å². The number of rotatable bonds is 4. The van der Waals surface area contributed by atoms with Crippen LogP contribution < -0.4 is 16.3 Å². The summed E-state index contributed by atoms with van der Waals surface area (Å²) in [6.45, 7) is 1.93. The lowest BCUT2D eigenvalue weighted by molar-refractivity contribution is -0.114. The fourth-order valence-corrected chi connectivity index (χ4v) is 5.10. The Morgan fingerprint density at radius 3 is 2.54 bits per heavy atom. The van der Waals surface area contributed by atoms with Gasteiger partial charge in [0.1, 0.15) is 0 Å². The predicted octanol–water partition coefficient (Wildman–Crippen LogP) is 4.12. The van der Waals surface area contributed by atoms with E-state index in [1.54, 1.807) is 36.5 Å². The summed E-state index contributed by atoms with van der Waals surface area (Å²) in [5.74, 6) is -0.813. The number of hydrazone groups is 1. The molecule has 0 atom stereocenters. The molecule has 39 heavy (non-hydrogen) atoms. The Balaban J connectivity index is 1.16. The lowest BCUT2D eigenvalue weighted by atomic mass is 10.0. The van der Waals surface area contributed by atoms with Crippen LogP contribution in [0.5, 0.6) is 0 Å².